The van der Waals surface area contributed by atoms with Crippen LogP contribution in [0, 0.1) is 13.8 Å². The van der Waals surface area contributed by atoms with E-state index in [1.165, 1.54) is 13.8 Å². The molecule has 4 N–H and O–H groups in total. The molecule has 0 spiro atoms. The van der Waals surface area contributed by atoms with E-state index in [-0.39, 0.29) is 16.7 Å². The molecule has 0 bridgehead atoms. The van der Waals surface area contributed by atoms with E-state index in [4.69, 9.17) is 23.1 Å². The maximum atomic E-state index is 13.5. The third kappa shape index (κ3) is 9.54. The van der Waals surface area contributed by atoms with Gasteiger partial charge in [0, 0.05) is 11.1 Å². The van der Waals surface area contributed by atoms with Crippen molar-refractivity contribution >= 4 is 48.4 Å². The van der Waals surface area contributed by atoms with Gasteiger partial charge in [-0.2, -0.15) is 31.3 Å². The lowest BCUT2D eigenvalue weighted by atomic mass is 10.0. The topological polar surface area (TPSA) is 167 Å². The Morgan fingerprint density at radius 3 is 1.35 bits per heavy atom. The average molecular weight is 760 g/mol. The standard InChI is InChI=1S/C16H20F3N3O3S.C15H16ClF3O3S/c1-9-7-13(26(24,25)10-5-3-2-4-6-10)12(16(17,18)19)8-11(9)14(23)22-15(20)21;1-9-7-13(23(21,22)10-5-3-2-4-6-10)12(15(17,18)19)8-11(9)14(16)20/h7-8,10H,2-6H2,1H3,(H4,20,21,22,23);7-8,10H,2-6H2,1H3. The van der Waals surface area contributed by atoms with Crippen molar-refractivity contribution in [3.8, 4) is 0 Å². The van der Waals surface area contributed by atoms with Gasteiger partial charge in [0.25, 0.3) is 11.1 Å². The number of hydrogen-bond donors (Lipinski definition) is 2. The Balaban J connectivity index is 0.000000267. The molecular formula is C31H36ClF6N3O6S2. The average Bonchev–Trinajstić information content (AvgIpc) is 3.00. The minimum Gasteiger partial charge on any atom is -0.370 e. The van der Waals surface area contributed by atoms with E-state index in [0.29, 0.717) is 63.5 Å². The van der Waals surface area contributed by atoms with Crippen molar-refractivity contribution in [2.24, 2.45) is 16.5 Å². The van der Waals surface area contributed by atoms with Crippen LogP contribution in [-0.4, -0.2) is 44.4 Å². The molecular weight excluding hydrogens is 724 g/mol. The van der Waals surface area contributed by atoms with E-state index in [9.17, 15) is 52.8 Å². The summed E-state index contributed by atoms with van der Waals surface area (Å²) in [7, 11) is -8.30. The number of guanidine groups is 1. The van der Waals surface area contributed by atoms with Crippen molar-refractivity contribution in [1.29, 1.82) is 0 Å². The summed E-state index contributed by atoms with van der Waals surface area (Å²) in [4.78, 5) is 24.9. The number of sulfone groups is 2. The van der Waals surface area contributed by atoms with Crippen molar-refractivity contribution < 1.29 is 52.8 Å². The van der Waals surface area contributed by atoms with Crippen molar-refractivity contribution in [1.82, 2.24) is 0 Å². The van der Waals surface area contributed by atoms with Crippen LogP contribution in [0.1, 0.15) is 107 Å². The number of amides is 1. The highest BCUT2D eigenvalue weighted by molar-refractivity contribution is 7.92. The first-order valence-corrected chi connectivity index (χ1v) is 18.7. The number of benzene rings is 2. The summed E-state index contributed by atoms with van der Waals surface area (Å²) in [5.41, 5.74) is 6.93. The van der Waals surface area contributed by atoms with Crippen LogP contribution in [0.15, 0.2) is 39.0 Å². The zero-order valence-electron chi connectivity index (χ0n) is 26.5. The monoisotopic (exact) mass is 759 g/mol. The number of rotatable bonds is 6. The Hall–Kier alpha value is -3.18. The molecule has 0 radical (unpaired) electrons. The molecule has 4 rings (SSSR count). The number of carbonyl (C=O) groups is 2. The molecule has 2 fully saturated rings. The maximum absolute atomic E-state index is 13.5. The van der Waals surface area contributed by atoms with Gasteiger partial charge in [-0.1, -0.05) is 38.5 Å². The van der Waals surface area contributed by atoms with Crippen molar-refractivity contribution in [3.63, 3.8) is 0 Å². The zero-order valence-corrected chi connectivity index (χ0v) is 28.9. The molecule has 0 heterocycles. The second kappa shape index (κ2) is 15.4. The third-order valence-corrected chi connectivity index (χ3v) is 13.3. The zero-order chi connectivity index (χ0) is 37.1. The van der Waals surface area contributed by atoms with Crippen molar-refractivity contribution in [3.05, 3.63) is 57.6 Å². The Morgan fingerprint density at radius 1 is 0.673 bits per heavy atom. The first-order valence-electron chi connectivity index (χ1n) is 15.2. The summed E-state index contributed by atoms with van der Waals surface area (Å²) in [6, 6.07) is 2.87. The van der Waals surface area contributed by atoms with E-state index in [2.05, 4.69) is 4.99 Å². The summed E-state index contributed by atoms with van der Waals surface area (Å²) in [6.45, 7) is 2.71. The SMILES string of the molecule is Cc1cc(S(=O)(=O)C2CCCCC2)c(C(F)(F)F)cc1C(=O)Cl.Cc1cc(S(=O)(=O)C2CCCCC2)c(C(F)(F)F)cc1C(=O)N=C(N)N. The first kappa shape index (κ1) is 40.3. The van der Waals surface area contributed by atoms with Gasteiger partial charge in [0.05, 0.1) is 31.4 Å². The van der Waals surface area contributed by atoms with Crippen LogP contribution >= 0.6 is 11.6 Å². The number of carbonyl (C=O) groups excluding carboxylic acids is 2. The molecule has 2 aliphatic rings. The lowest BCUT2D eigenvalue weighted by molar-refractivity contribution is -0.140. The molecule has 0 aromatic heterocycles. The summed E-state index contributed by atoms with van der Waals surface area (Å²) in [5, 5.41) is -2.71. The molecule has 2 aromatic carbocycles. The molecule has 1 amide bonds. The highest BCUT2D eigenvalue weighted by Gasteiger charge is 2.42. The Labute approximate surface area is 285 Å². The predicted molar refractivity (Wildman–Crippen MR) is 171 cm³/mol. The molecule has 0 unspecified atom stereocenters. The van der Waals surface area contributed by atoms with Crippen LogP contribution in [0.4, 0.5) is 26.3 Å². The minimum absolute atomic E-state index is 0.0578. The van der Waals surface area contributed by atoms with Gasteiger partial charge in [-0.05, 0) is 86.5 Å². The molecule has 2 aliphatic carbocycles. The molecule has 0 saturated heterocycles. The Morgan fingerprint density at radius 2 is 1.02 bits per heavy atom. The van der Waals surface area contributed by atoms with Crippen molar-refractivity contribution in [2.45, 2.75) is 111 Å². The normalized spacial score (nSPS) is 16.8. The Kier molecular flexibility index (Phi) is 12.6. The van der Waals surface area contributed by atoms with Crippen LogP contribution in [-0.2, 0) is 32.0 Å². The summed E-state index contributed by atoms with van der Waals surface area (Å²) in [6.07, 6.45) is -4.03. The van der Waals surface area contributed by atoms with Gasteiger partial charge >= 0.3 is 12.4 Å². The number of aliphatic imine (C=N–C) groups is 1. The lowest BCUT2D eigenvalue weighted by Gasteiger charge is -2.24. The fourth-order valence-electron chi connectivity index (χ4n) is 6.01. The van der Waals surface area contributed by atoms with E-state index in [1.807, 2.05) is 0 Å². The number of nitrogens with zero attached hydrogens (tertiary/aromatic N) is 1. The summed E-state index contributed by atoms with van der Waals surface area (Å²) >= 11 is 5.29. The van der Waals surface area contributed by atoms with E-state index < -0.39 is 86.1 Å². The highest BCUT2D eigenvalue weighted by Crippen LogP contribution is 2.41. The number of alkyl halides is 6. The largest absolute Gasteiger partial charge is 0.417 e. The third-order valence-electron chi connectivity index (χ3n) is 8.53. The maximum Gasteiger partial charge on any atom is 0.417 e. The molecule has 9 nitrogen and oxygen atoms in total. The minimum atomic E-state index is -4.95. The van der Waals surface area contributed by atoms with Crippen LogP contribution < -0.4 is 11.5 Å². The fraction of sp³-hybridized carbons (Fsp3) is 0.516. The van der Waals surface area contributed by atoms with Crippen LogP contribution in [0.5, 0.6) is 0 Å². The van der Waals surface area contributed by atoms with Crippen molar-refractivity contribution in [2.75, 3.05) is 0 Å². The van der Waals surface area contributed by atoms with Gasteiger partial charge in [-0.15, -0.1) is 0 Å². The molecule has 0 aliphatic heterocycles. The molecule has 18 heteroatoms. The summed E-state index contributed by atoms with van der Waals surface area (Å²) < 4.78 is 131. The number of hydrogen-bond acceptors (Lipinski definition) is 6. The van der Waals surface area contributed by atoms with Crippen LogP contribution in [0.25, 0.3) is 0 Å². The molecule has 0 atom stereocenters. The quantitative estimate of drug-likeness (QED) is 0.137. The smallest absolute Gasteiger partial charge is 0.370 e. The molecule has 272 valence electrons. The van der Waals surface area contributed by atoms with E-state index in [1.54, 1.807) is 0 Å². The number of nitrogens with two attached hydrogens (primary N) is 2. The van der Waals surface area contributed by atoms with E-state index in [0.717, 1.165) is 25.0 Å². The second-order valence-corrected chi connectivity index (χ2v) is 16.8. The number of halogens is 7. The second-order valence-electron chi connectivity index (χ2n) is 12.0. The van der Waals surface area contributed by atoms with Gasteiger partial charge in [0.1, 0.15) is 0 Å². The van der Waals surface area contributed by atoms with E-state index >= 15 is 0 Å². The Bertz CT molecular complexity index is 1830. The lowest BCUT2D eigenvalue weighted by Crippen LogP contribution is -2.27. The first-order chi connectivity index (χ1) is 22.5. The molecule has 2 saturated carbocycles. The van der Waals surface area contributed by atoms with Gasteiger partial charge in [0.2, 0.25) is 0 Å². The summed E-state index contributed by atoms with van der Waals surface area (Å²) in [5.74, 6) is -1.66. The van der Waals surface area contributed by atoms with Gasteiger partial charge in [-0.3, -0.25) is 9.59 Å². The van der Waals surface area contributed by atoms with Gasteiger partial charge < -0.3 is 11.5 Å². The van der Waals surface area contributed by atoms with Gasteiger partial charge in [-0.25, -0.2) is 16.8 Å². The highest BCUT2D eigenvalue weighted by atomic mass is 35.5. The van der Waals surface area contributed by atoms with Crippen LogP contribution in [0.3, 0.4) is 0 Å². The van der Waals surface area contributed by atoms with Crippen LogP contribution in [0.2, 0.25) is 0 Å². The predicted octanol–water partition coefficient (Wildman–Crippen LogP) is 7.03. The fourth-order valence-corrected chi connectivity index (χ4v) is 10.5. The molecule has 49 heavy (non-hydrogen) atoms. The molecule has 2 aromatic rings. The number of aryl methyl sites for hydroxylation is 2. The van der Waals surface area contributed by atoms with Gasteiger partial charge in [0.15, 0.2) is 25.6 Å².